The molecular formula is C17H19N7O. The molecule has 2 aromatic heterocycles. The minimum absolute atomic E-state index is 0.171. The highest BCUT2D eigenvalue weighted by Gasteiger charge is 2.28. The van der Waals surface area contributed by atoms with Gasteiger partial charge in [0.2, 0.25) is 5.91 Å². The fourth-order valence-corrected chi connectivity index (χ4v) is 3.30. The first-order valence-corrected chi connectivity index (χ1v) is 8.39. The summed E-state index contributed by atoms with van der Waals surface area (Å²) in [7, 11) is 0. The summed E-state index contributed by atoms with van der Waals surface area (Å²) in [6, 6.07) is 9.88. The molecule has 1 aromatic carbocycles. The molecule has 0 saturated carbocycles. The second kappa shape index (κ2) is 6.84. The maximum atomic E-state index is 12.7. The van der Waals surface area contributed by atoms with Crippen LogP contribution >= 0.6 is 0 Å². The van der Waals surface area contributed by atoms with Crippen molar-refractivity contribution in [2.75, 3.05) is 6.54 Å². The van der Waals surface area contributed by atoms with E-state index in [0.717, 1.165) is 37.2 Å². The molecule has 1 aliphatic rings. The van der Waals surface area contributed by atoms with Gasteiger partial charge in [0.25, 0.3) is 0 Å². The summed E-state index contributed by atoms with van der Waals surface area (Å²) in [6.45, 7) is 1.59. The van der Waals surface area contributed by atoms with Crippen LogP contribution < -0.4 is 0 Å². The van der Waals surface area contributed by atoms with E-state index in [1.807, 2.05) is 46.1 Å². The number of hydrogen-bond donors (Lipinski definition) is 0. The zero-order chi connectivity index (χ0) is 17.1. The zero-order valence-electron chi connectivity index (χ0n) is 13.8. The second-order valence-corrected chi connectivity index (χ2v) is 6.21. The second-order valence-electron chi connectivity index (χ2n) is 6.21. The van der Waals surface area contributed by atoms with Crippen molar-refractivity contribution in [3.63, 3.8) is 0 Å². The molecule has 0 radical (unpaired) electrons. The Hall–Kier alpha value is -3.03. The molecule has 1 amide bonds. The van der Waals surface area contributed by atoms with Crippen molar-refractivity contribution < 1.29 is 4.79 Å². The lowest BCUT2D eigenvalue weighted by molar-refractivity contribution is -0.131. The van der Waals surface area contributed by atoms with Crippen molar-refractivity contribution in [3.8, 4) is 5.69 Å². The number of rotatable bonds is 5. The minimum atomic E-state index is 0.171. The Bertz CT molecular complexity index is 811. The standard InChI is InChI=1S/C17H19N7O/c25-17(23-10-1-3-16(23)12-22-9-2-8-19-22)11-14-4-6-15(7-5-14)24-13-18-20-21-24/h2,4-9,13,16H,1,3,10-12H2. The number of likely N-dealkylation sites (tertiary alicyclic amines) is 1. The predicted molar refractivity (Wildman–Crippen MR) is 89.8 cm³/mol. The fourth-order valence-electron chi connectivity index (χ4n) is 3.30. The van der Waals surface area contributed by atoms with Gasteiger partial charge >= 0.3 is 0 Å². The first-order chi connectivity index (χ1) is 12.3. The number of nitrogens with zero attached hydrogens (tertiary/aromatic N) is 7. The number of hydrogen-bond acceptors (Lipinski definition) is 5. The summed E-state index contributed by atoms with van der Waals surface area (Å²) in [5.41, 5.74) is 1.87. The number of carbonyl (C=O) groups excluding carboxylic acids is 1. The van der Waals surface area contributed by atoms with E-state index < -0.39 is 0 Å². The van der Waals surface area contributed by atoms with Gasteiger partial charge in [-0.3, -0.25) is 9.48 Å². The number of benzene rings is 1. The average Bonchev–Trinajstić information content (AvgIpc) is 3.39. The Balaban J connectivity index is 1.40. The van der Waals surface area contributed by atoms with Crippen molar-refractivity contribution in [3.05, 3.63) is 54.6 Å². The normalized spacial score (nSPS) is 17.1. The summed E-state index contributed by atoms with van der Waals surface area (Å²) in [5.74, 6) is 0.171. The summed E-state index contributed by atoms with van der Waals surface area (Å²) in [5, 5.41) is 15.4. The number of tetrazole rings is 1. The summed E-state index contributed by atoms with van der Waals surface area (Å²) < 4.78 is 3.49. The van der Waals surface area contributed by atoms with Crippen LogP contribution in [-0.2, 0) is 17.8 Å². The van der Waals surface area contributed by atoms with E-state index in [1.54, 1.807) is 17.2 Å². The lowest BCUT2D eigenvalue weighted by Crippen LogP contribution is -2.39. The Morgan fingerprint density at radius 3 is 2.84 bits per heavy atom. The maximum Gasteiger partial charge on any atom is 0.227 e. The SMILES string of the molecule is O=C(Cc1ccc(-n2cnnn2)cc1)N1CCCC1Cn1cccn1. The lowest BCUT2D eigenvalue weighted by atomic mass is 10.1. The molecule has 25 heavy (non-hydrogen) atoms. The molecule has 0 bridgehead atoms. The van der Waals surface area contributed by atoms with Gasteiger partial charge in [-0.05, 0) is 47.0 Å². The molecule has 1 fully saturated rings. The molecule has 3 aromatic rings. The Kier molecular flexibility index (Phi) is 4.24. The lowest BCUT2D eigenvalue weighted by Gasteiger charge is -2.25. The van der Waals surface area contributed by atoms with Crippen LogP contribution in [0.4, 0.5) is 0 Å². The fraction of sp³-hybridized carbons (Fsp3) is 0.353. The molecule has 0 spiro atoms. The number of aromatic nitrogens is 6. The van der Waals surface area contributed by atoms with Crippen LogP contribution in [-0.4, -0.2) is 53.4 Å². The van der Waals surface area contributed by atoms with Gasteiger partial charge in [0.05, 0.1) is 24.7 Å². The van der Waals surface area contributed by atoms with Crippen LogP contribution in [0, 0.1) is 0 Å². The van der Waals surface area contributed by atoms with Crippen LogP contribution in [0.25, 0.3) is 5.69 Å². The Morgan fingerprint density at radius 2 is 2.12 bits per heavy atom. The van der Waals surface area contributed by atoms with Gasteiger partial charge < -0.3 is 4.90 Å². The summed E-state index contributed by atoms with van der Waals surface area (Å²) in [6.07, 6.45) is 7.75. The quantitative estimate of drug-likeness (QED) is 0.696. The third-order valence-electron chi connectivity index (χ3n) is 4.56. The molecule has 3 heterocycles. The highest BCUT2D eigenvalue weighted by Crippen LogP contribution is 2.20. The van der Waals surface area contributed by atoms with Crippen molar-refractivity contribution in [2.45, 2.75) is 31.8 Å². The molecule has 1 atom stereocenters. The van der Waals surface area contributed by atoms with Gasteiger partial charge in [0, 0.05) is 18.9 Å². The highest BCUT2D eigenvalue weighted by molar-refractivity contribution is 5.79. The van der Waals surface area contributed by atoms with E-state index in [2.05, 4.69) is 20.6 Å². The third-order valence-corrected chi connectivity index (χ3v) is 4.56. The first-order valence-electron chi connectivity index (χ1n) is 8.39. The third kappa shape index (κ3) is 3.42. The van der Waals surface area contributed by atoms with Crippen LogP contribution in [0.1, 0.15) is 18.4 Å². The van der Waals surface area contributed by atoms with E-state index in [-0.39, 0.29) is 11.9 Å². The molecule has 1 unspecified atom stereocenters. The van der Waals surface area contributed by atoms with Crippen LogP contribution in [0.15, 0.2) is 49.1 Å². The molecule has 8 nitrogen and oxygen atoms in total. The Morgan fingerprint density at radius 1 is 1.24 bits per heavy atom. The number of amides is 1. The molecule has 0 N–H and O–H groups in total. The number of carbonyl (C=O) groups is 1. The van der Waals surface area contributed by atoms with Crippen LogP contribution in [0.3, 0.4) is 0 Å². The van der Waals surface area contributed by atoms with E-state index in [9.17, 15) is 4.79 Å². The minimum Gasteiger partial charge on any atom is -0.338 e. The molecule has 1 aliphatic heterocycles. The van der Waals surface area contributed by atoms with Gasteiger partial charge in [0.15, 0.2) is 0 Å². The van der Waals surface area contributed by atoms with Gasteiger partial charge in [-0.15, -0.1) is 5.10 Å². The van der Waals surface area contributed by atoms with Crippen molar-refractivity contribution in [2.24, 2.45) is 0 Å². The highest BCUT2D eigenvalue weighted by atomic mass is 16.2. The smallest absolute Gasteiger partial charge is 0.227 e. The molecule has 1 saturated heterocycles. The maximum absolute atomic E-state index is 12.7. The van der Waals surface area contributed by atoms with Crippen molar-refractivity contribution in [1.82, 2.24) is 34.9 Å². The molecule has 0 aliphatic carbocycles. The van der Waals surface area contributed by atoms with E-state index >= 15 is 0 Å². The predicted octanol–water partition coefficient (Wildman–Crippen LogP) is 1.09. The van der Waals surface area contributed by atoms with E-state index in [4.69, 9.17) is 0 Å². The first kappa shape index (κ1) is 15.5. The van der Waals surface area contributed by atoms with Gasteiger partial charge in [-0.25, -0.2) is 4.68 Å². The Labute approximate surface area is 145 Å². The van der Waals surface area contributed by atoms with E-state index in [1.165, 1.54) is 0 Å². The topological polar surface area (TPSA) is 81.7 Å². The van der Waals surface area contributed by atoms with Gasteiger partial charge in [-0.2, -0.15) is 5.10 Å². The summed E-state index contributed by atoms with van der Waals surface area (Å²) in [4.78, 5) is 14.7. The molecule has 4 rings (SSSR count). The largest absolute Gasteiger partial charge is 0.338 e. The van der Waals surface area contributed by atoms with Gasteiger partial charge in [-0.1, -0.05) is 12.1 Å². The summed E-state index contributed by atoms with van der Waals surface area (Å²) >= 11 is 0. The van der Waals surface area contributed by atoms with Crippen molar-refractivity contribution in [1.29, 1.82) is 0 Å². The molecular weight excluding hydrogens is 318 g/mol. The van der Waals surface area contributed by atoms with E-state index in [0.29, 0.717) is 6.42 Å². The molecule has 8 heteroatoms. The van der Waals surface area contributed by atoms with Gasteiger partial charge in [0.1, 0.15) is 6.33 Å². The average molecular weight is 337 g/mol. The zero-order valence-corrected chi connectivity index (χ0v) is 13.8. The van der Waals surface area contributed by atoms with Crippen LogP contribution in [0.5, 0.6) is 0 Å². The monoisotopic (exact) mass is 337 g/mol. The van der Waals surface area contributed by atoms with Crippen molar-refractivity contribution >= 4 is 5.91 Å². The molecule has 128 valence electrons. The van der Waals surface area contributed by atoms with Crippen LogP contribution in [0.2, 0.25) is 0 Å².